The summed E-state index contributed by atoms with van der Waals surface area (Å²) in [6.07, 6.45) is 8.50. The van der Waals surface area contributed by atoms with Gasteiger partial charge < -0.3 is 24.2 Å². The van der Waals surface area contributed by atoms with Crippen molar-refractivity contribution in [3.63, 3.8) is 0 Å². The van der Waals surface area contributed by atoms with Crippen LogP contribution in [0.1, 0.15) is 123 Å². The molecule has 11 atom stereocenters. The topological polar surface area (TPSA) is 199 Å². The number of methoxy groups -OCH3 is 2. The molecule has 4 heterocycles. The zero-order chi connectivity index (χ0) is 51.7. The minimum absolute atomic E-state index is 0.00708. The number of aryl methyl sites for hydroxylation is 1. The number of aromatic nitrogens is 3. The van der Waals surface area contributed by atoms with Crippen LogP contribution in [0.25, 0.3) is 0 Å². The summed E-state index contributed by atoms with van der Waals surface area (Å²) in [5.74, 6) is -3.48. The van der Waals surface area contributed by atoms with Crippen LogP contribution in [0, 0.1) is 35.5 Å². The minimum Gasteiger partial charge on any atom is -0.379 e. The van der Waals surface area contributed by atoms with Crippen molar-refractivity contribution < 1.29 is 47.8 Å². The van der Waals surface area contributed by atoms with Gasteiger partial charge in [-0.25, -0.2) is 0 Å². The van der Waals surface area contributed by atoms with Crippen molar-refractivity contribution >= 4 is 46.9 Å². The fourth-order valence-electron chi connectivity index (χ4n) is 11.8. The number of hydrogen-bond donors (Lipinski definition) is 0. The van der Waals surface area contributed by atoms with Gasteiger partial charge in [0.2, 0.25) is 17.7 Å². The van der Waals surface area contributed by atoms with Gasteiger partial charge in [-0.2, -0.15) is 0 Å². The molecular formula is C54H77N7O10. The monoisotopic (exact) mass is 984 g/mol. The maximum Gasteiger partial charge on any atom is 0.253 e. The summed E-state index contributed by atoms with van der Waals surface area (Å²) in [7, 11) is 4.86. The molecule has 0 N–H and O–H groups in total. The Morgan fingerprint density at radius 1 is 0.887 bits per heavy atom. The molecule has 71 heavy (non-hydrogen) atoms. The number of ether oxygens (including phenoxy) is 2. The van der Waals surface area contributed by atoms with Crippen LogP contribution >= 0.6 is 0 Å². The average molecular weight is 984 g/mol. The summed E-state index contributed by atoms with van der Waals surface area (Å²) in [5, 5.41) is 8.21. The van der Waals surface area contributed by atoms with Crippen molar-refractivity contribution in [1.29, 1.82) is 0 Å². The van der Waals surface area contributed by atoms with Gasteiger partial charge in [-0.3, -0.25) is 47.9 Å². The first-order valence-electron chi connectivity index (χ1n) is 25.8. The normalized spacial score (nSPS) is 22.7. The number of amides is 5. The second-order valence-corrected chi connectivity index (χ2v) is 20.9. The van der Waals surface area contributed by atoms with E-state index in [2.05, 4.69) is 10.3 Å². The Bertz CT molecular complexity index is 2250. The zero-order valence-electron chi connectivity index (χ0n) is 43.4. The number of Topliss-reactive ketones (excluding diaryl/α,β-unsaturated/α-hetero) is 3. The quantitative estimate of drug-likeness (QED) is 0.103. The maximum atomic E-state index is 14.8. The van der Waals surface area contributed by atoms with E-state index in [1.807, 2.05) is 65.0 Å². The Hall–Kier alpha value is -5.42. The van der Waals surface area contributed by atoms with Crippen molar-refractivity contribution in [2.75, 3.05) is 27.8 Å². The van der Waals surface area contributed by atoms with Crippen LogP contribution in [0.5, 0.6) is 0 Å². The Morgan fingerprint density at radius 3 is 2.23 bits per heavy atom. The van der Waals surface area contributed by atoms with Crippen LogP contribution < -0.4 is 0 Å². The zero-order valence-corrected chi connectivity index (χ0v) is 43.4. The molecule has 1 saturated carbocycles. The summed E-state index contributed by atoms with van der Waals surface area (Å²) < 4.78 is 13.7. The molecule has 0 spiro atoms. The van der Waals surface area contributed by atoms with Crippen LogP contribution in [-0.4, -0.2) is 146 Å². The van der Waals surface area contributed by atoms with E-state index in [0.29, 0.717) is 44.5 Å². The molecule has 2 saturated heterocycles. The van der Waals surface area contributed by atoms with Gasteiger partial charge in [0, 0.05) is 89.6 Å². The van der Waals surface area contributed by atoms with E-state index < -0.39 is 53.9 Å². The number of likely N-dealkylation sites (N-methyl/N-ethyl adjacent to an activating group) is 1. The molecule has 2 aromatic rings. The van der Waals surface area contributed by atoms with Gasteiger partial charge in [-0.05, 0) is 75.2 Å². The molecule has 1 aromatic carbocycles. The van der Waals surface area contributed by atoms with Gasteiger partial charge >= 0.3 is 0 Å². The third kappa shape index (κ3) is 13.0. The predicted octanol–water partition coefficient (Wildman–Crippen LogP) is 5.42. The van der Waals surface area contributed by atoms with E-state index in [0.717, 1.165) is 36.1 Å². The lowest BCUT2D eigenvalue weighted by atomic mass is 9.83. The molecule has 1 aromatic heterocycles. The minimum atomic E-state index is -0.677. The molecule has 2 bridgehead atoms. The summed E-state index contributed by atoms with van der Waals surface area (Å²) in [5.41, 5.74) is 1.44. The van der Waals surface area contributed by atoms with Gasteiger partial charge in [0.15, 0.2) is 5.78 Å². The van der Waals surface area contributed by atoms with E-state index in [-0.39, 0.29) is 97.1 Å². The second kappa shape index (κ2) is 24.8. The number of rotatable bonds is 27. The number of carbonyl (C=O) groups is 8. The van der Waals surface area contributed by atoms with E-state index in [9.17, 15) is 38.4 Å². The molecule has 0 unspecified atom stereocenters. The van der Waals surface area contributed by atoms with E-state index in [1.54, 1.807) is 46.8 Å². The molecule has 17 nitrogen and oxygen atoms in total. The lowest BCUT2D eigenvalue weighted by molar-refractivity contribution is -0.150. The van der Waals surface area contributed by atoms with E-state index >= 15 is 0 Å². The molecule has 3 fully saturated rings. The Morgan fingerprint density at radius 2 is 1.59 bits per heavy atom. The Balaban J connectivity index is 1.08. The molecule has 388 valence electrons. The van der Waals surface area contributed by atoms with Gasteiger partial charge in [0.25, 0.3) is 11.8 Å². The number of fused-ring (bicyclic) bond motifs is 2. The molecular weight excluding hydrogens is 907 g/mol. The Kier molecular flexibility index (Phi) is 19.2. The van der Waals surface area contributed by atoms with Gasteiger partial charge in [-0.1, -0.05) is 76.6 Å². The lowest BCUT2D eigenvalue weighted by Gasteiger charge is -2.41. The number of imide groups is 1. The number of benzene rings is 1. The number of piperidine rings is 1. The molecule has 1 aliphatic carbocycles. The summed E-state index contributed by atoms with van der Waals surface area (Å²) >= 11 is 0. The van der Waals surface area contributed by atoms with Crippen LogP contribution in [0.4, 0.5) is 0 Å². The van der Waals surface area contributed by atoms with E-state index in [1.165, 1.54) is 19.1 Å². The van der Waals surface area contributed by atoms with Gasteiger partial charge in [0.1, 0.15) is 17.3 Å². The molecule has 4 aliphatic rings. The highest BCUT2D eigenvalue weighted by atomic mass is 16.5. The van der Waals surface area contributed by atoms with E-state index in [4.69, 9.17) is 9.47 Å². The number of nitrogens with zero attached hydrogens (tertiary/aromatic N) is 7. The maximum absolute atomic E-state index is 14.8. The van der Waals surface area contributed by atoms with Crippen molar-refractivity contribution in [2.24, 2.45) is 35.5 Å². The highest BCUT2D eigenvalue weighted by molar-refractivity contribution is 6.12. The summed E-state index contributed by atoms with van der Waals surface area (Å²) in [6.45, 7) is 12.2. The average Bonchev–Trinajstić information content (AvgIpc) is 4.22. The van der Waals surface area contributed by atoms with Crippen molar-refractivity contribution in [2.45, 2.75) is 168 Å². The highest BCUT2D eigenvalue weighted by Gasteiger charge is 2.52. The Labute approximate surface area is 419 Å². The molecule has 5 amide bonds. The van der Waals surface area contributed by atoms with Crippen molar-refractivity contribution in [1.82, 2.24) is 34.6 Å². The first-order chi connectivity index (χ1) is 33.9. The van der Waals surface area contributed by atoms with Crippen molar-refractivity contribution in [3.8, 4) is 0 Å². The number of carbonyl (C=O) groups excluding carboxylic acids is 8. The molecule has 0 radical (unpaired) electrons. The van der Waals surface area contributed by atoms with Crippen LogP contribution in [0.2, 0.25) is 0 Å². The van der Waals surface area contributed by atoms with Gasteiger partial charge in [-0.15, -0.1) is 5.10 Å². The number of likely N-dealkylation sites (tertiary alicyclic amines) is 2. The number of ketones is 3. The highest BCUT2D eigenvalue weighted by Crippen LogP contribution is 2.44. The second-order valence-electron chi connectivity index (χ2n) is 20.9. The standard InChI is InChI=1S/C54H77N7O10/c1-10-34(4)51(46(70-8)30-50(68)59-25-14-18-43(59)53(71-9)35(5)44(63)28-39(36(6)62)26-37-16-12-11-13-17-37)57(7)54(69)42(33(2)3)29-45(64)52-38-20-21-41(27-38)61(52)49(67)19-15-24-58-31-40(55-56-58)32-60-47(65)22-23-48(60)66/h11-13,16-17,22-23,31,33-35,38-39,41-43,46,51-53H,10,14-15,18-21,24-30,32H2,1-9H3/t34-,35-,38-,39+,41+,42-,43-,46+,51-,52-,53+/m0/s1. The molecule has 17 heteroatoms. The van der Waals surface area contributed by atoms with Gasteiger partial charge in [0.05, 0.1) is 49.5 Å². The van der Waals surface area contributed by atoms with Crippen LogP contribution in [0.15, 0.2) is 48.7 Å². The largest absolute Gasteiger partial charge is 0.379 e. The first-order valence-corrected chi connectivity index (χ1v) is 25.8. The predicted molar refractivity (Wildman–Crippen MR) is 264 cm³/mol. The third-order valence-corrected chi connectivity index (χ3v) is 16.0. The smallest absolute Gasteiger partial charge is 0.253 e. The van der Waals surface area contributed by atoms with Crippen LogP contribution in [-0.2, 0) is 67.3 Å². The SMILES string of the molecule is CC[C@H](C)[C@@H]([C@@H](CC(=O)N1CCC[C@H]1[C@H](OC)[C@@H](C)C(=O)C[C@@H](Cc1ccccc1)C(C)=O)OC)N(C)C(=O)[C@@H](CC(=O)[C@@H]1[C@H]2CC[C@H](C2)N1C(=O)CCCn1cc(CN2C(=O)C=CC2=O)nn1)C(C)C. The summed E-state index contributed by atoms with van der Waals surface area (Å²) in [4.78, 5) is 115. The third-order valence-electron chi connectivity index (χ3n) is 16.0. The summed E-state index contributed by atoms with van der Waals surface area (Å²) in [6, 6.07) is 8.15. The lowest BCUT2D eigenvalue weighted by Crippen LogP contribution is -2.54. The van der Waals surface area contributed by atoms with Crippen molar-refractivity contribution in [3.05, 3.63) is 59.9 Å². The molecule has 3 aliphatic heterocycles. The first kappa shape index (κ1) is 54.9. The molecule has 6 rings (SSSR count). The fraction of sp³-hybridized carbons (Fsp3) is 0.667. The fourth-order valence-corrected chi connectivity index (χ4v) is 11.8. The number of hydrogen-bond acceptors (Lipinski definition) is 12. The van der Waals surface area contributed by atoms with Crippen LogP contribution in [0.3, 0.4) is 0 Å².